The maximum Gasteiger partial charge on any atom is 0.269 e. The molecule has 0 radical (unpaired) electrons. The molecule has 1 heterocycles. The molecule has 2 N–H and O–H groups in total. The van der Waals surface area contributed by atoms with Crippen LogP contribution >= 0.6 is 0 Å². The summed E-state index contributed by atoms with van der Waals surface area (Å²) in [4.78, 5) is 12.4. The van der Waals surface area contributed by atoms with Gasteiger partial charge in [-0.05, 0) is 48.5 Å². The fraction of sp³-hybridized carbons (Fsp3) is 0.0952. The molecule has 5 heteroatoms. The van der Waals surface area contributed by atoms with Gasteiger partial charge in [0.2, 0.25) is 6.10 Å². The number of nitrogens with one attached hydrogen (secondary N) is 2. The minimum absolute atomic E-state index is 0.191. The van der Waals surface area contributed by atoms with Gasteiger partial charge in [0.15, 0.2) is 11.5 Å². The molecule has 5 nitrogen and oxygen atoms in total. The summed E-state index contributed by atoms with van der Waals surface area (Å²) in [6.45, 7) is 0.191. The Balaban J connectivity index is 1.37. The molecule has 0 unspecified atom stereocenters. The molecular formula is C21H18N2O3. The summed E-state index contributed by atoms with van der Waals surface area (Å²) in [6.07, 6.45) is -0.674. The first-order chi connectivity index (χ1) is 12.8. The first kappa shape index (κ1) is 16.0. The predicted molar refractivity (Wildman–Crippen MR) is 101 cm³/mol. The quantitative estimate of drug-likeness (QED) is 0.743. The molecule has 0 bridgehead atoms. The van der Waals surface area contributed by atoms with Gasteiger partial charge in [-0.2, -0.15) is 0 Å². The summed E-state index contributed by atoms with van der Waals surface area (Å²) in [7, 11) is 0. The molecule has 3 aromatic rings. The number of para-hydroxylation sites is 3. The van der Waals surface area contributed by atoms with Crippen LogP contribution in [0.15, 0.2) is 78.9 Å². The van der Waals surface area contributed by atoms with Crippen LogP contribution in [0.25, 0.3) is 0 Å². The third kappa shape index (κ3) is 3.62. The lowest BCUT2D eigenvalue weighted by atomic mass is 10.2. The molecule has 1 atom stereocenters. The van der Waals surface area contributed by atoms with Crippen LogP contribution in [0.3, 0.4) is 0 Å². The smallest absolute Gasteiger partial charge is 0.269 e. The lowest BCUT2D eigenvalue weighted by molar-refractivity contribution is -0.125. The van der Waals surface area contributed by atoms with Gasteiger partial charge < -0.3 is 20.1 Å². The highest BCUT2D eigenvalue weighted by molar-refractivity contribution is 5.94. The first-order valence-electron chi connectivity index (χ1n) is 8.39. The van der Waals surface area contributed by atoms with E-state index in [4.69, 9.17) is 9.47 Å². The van der Waals surface area contributed by atoms with Gasteiger partial charge in [-0.1, -0.05) is 30.3 Å². The van der Waals surface area contributed by atoms with Crippen molar-refractivity contribution in [3.05, 3.63) is 78.9 Å². The molecule has 0 fully saturated rings. The van der Waals surface area contributed by atoms with Crippen molar-refractivity contribution < 1.29 is 14.3 Å². The number of ether oxygens (including phenoxy) is 2. The number of hydrogen-bond donors (Lipinski definition) is 2. The number of fused-ring (bicyclic) bond motifs is 1. The summed E-state index contributed by atoms with van der Waals surface area (Å²) in [5.74, 6) is 1.01. The molecule has 3 aromatic carbocycles. The number of hydrogen-bond acceptors (Lipinski definition) is 4. The fourth-order valence-corrected chi connectivity index (χ4v) is 2.70. The van der Waals surface area contributed by atoms with Crippen molar-refractivity contribution >= 4 is 23.0 Å². The number of carbonyl (C=O) groups is 1. The number of carbonyl (C=O) groups excluding carboxylic acids is 1. The first-order valence-corrected chi connectivity index (χ1v) is 8.39. The van der Waals surface area contributed by atoms with Crippen molar-refractivity contribution in [2.24, 2.45) is 0 Å². The van der Waals surface area contributed by atoms with Crippen LogP contribution in [0.4, 0.5) is 17.1 Å². The normalized spacial score (nSPS) is 15.2. The van der Waals surface area contributed by atoms with E-state index < -0.39 is 6.10 Å². The average Bonchev–Trinajstić information content (AvgIpc) is 2.70. The number of rotatable bonds is 4. The van der Waals surface area contributed by atoms with Gasteiger partial charge in [0.1, 0.15) is 6.61 Å². The highest BCUT2D eigenvalue weighted by Gasteiger charge is 2.27. The number of anilines is 3. The average molecular weight is 346 g/mol. The van der Waals surface area contributed by atoms with E-state index in [1.165, 1.54) is 0 Å². The Morgan fingerprint density at radius 3 is 2.15 bits per heavy atom. The van der Waals surface area contributed by atoms with Gasteiger partial charge in [-0.15, -0.1) is 0 Å². The number of benzene rings is 3. The summed E-state index contributed by atoms with van der Waals surface area (Å²) < 4.78 is 11.3. The van der Waals surface area contributed by atoms with Crippen molar-refractivity contribution in [3.63, 3.8) is 0 Å². The third-order valence-electron chi connectivity index (χ3n) is 4.02. The second-order valence-corrected chi connectivity index (χ2v) is 5.92. The molecule has 4 rings (SSSR count). The van der Waals surface area contributed by atoms with Crippen LogP contribution < -0.4 is 20.1 Å². The lowest BCUT2D eigenvalue weighted by Gasteiger charge is -2.25. The topological polar surface area (TPSA) is 59.6 Å². The maximum absolute atomic E-state index is 12.4. The van der Waals surface area contributed by atoms with Crippen molar-refractivity contribution in [2.45, 2.75) is 6.10 Å². The van der Waals surface area contributed by atoms with Crippen LogP contribution in [-0.2, 0) is 4.79 Å². The Hall–Kier alpha value is -3.47. The Kier molecular flexibility index (Phi) is 4.43. The van der Waals surface area contributed by atoms with Crippen molar-refractivity contribution in [2.75, 3.05) is 17.2 Å². The van der Waals surface area contributed by atoms with Crippen LogP contribution in [0, 0.1) is 0 Å². The highest BCUT2D eigenvalue weighted by atomic mass is 16.6. The van der Waals surface area contributed by atoms with E-state index in [0.29, 0.717) is 17.2 Å². The van der Waals surface area contributed by atoms with Gasteiger partial charge in [0.25, 0.3) is 5.91 Å². The van der Waals surface area contributed by atoms with Crippen molar-refractivity contribution in [3.8, 4) is 11.5 Å². The van der Waals surface area contributed by atoms with Crippen LogP contribution in [0.1, 0.15) is 0 Å². The summed E-state index contributed by atoms with van der Waals surface area (Å²) in [5, 5.41) is 6.16. The standard InChI is InChI=1S/C21H18N2O3/c24-21(20-14-25-18-8-4-5-9-19(18)26-20)23-17-12-10-16(11-13-17)22-15-6-2-1-3-7-15/h1-13,20,22H,14H2,(H,23,24)/t20-/m1/s1. The molecule has 0 saturated carbocycles. The Morgan fingerprint density at radius 1 is 0.769 bits per heavy atom. The minimum Gasteiger partial charge on any atom is -0.485 e. The molecule has 26 heavy (non-hydrogen) atoms. The van der Waals surface area contributed by atoms with Gasteiger partial charge in [0, 0.05) is 17.1 Å². The van der Waals surface area contributed by atoms with Crippen LogP contribution in [0.5, 0.6) is 11.5 Å². The zero-order valence-electron chi connectivity index (χ0n) is 14.0. The molecule has 0 spiro atoms. The fourth-order valence-electron chi connectivity index (χ4n) is 2.70. The van der Waals surface area contributed by atoms with Crippen molar-refractivity contribution in [1.82, 2.24) is 0 Å². The lowest BCUT2D eigenvalue weighted by Crippen LogP contribution is -2.40. The van der Waals surface area contributed by atoms with Gasteiger partial charge in [0.05, 0.1) is 0 Å². The van der Waals surface area contributed by atoms with Gasteiger partial charge in [-0.25, -0.2) is 0 Å². The molecule has 0 aliphatic carbocycles. The molecule has 1 aliphatic heterocycles. The van der Waals surface area contributed by atoms with Crippen LogP contribution in [0.2, 0.25) is 0 Å². The summed E-state index contributed by atoms with van der Waals surface area (Å²) in [5.41, 5.74) is 2.66. The zero-order chi connectivity index (χ0) is 17.8. The largest absolute Gasteiger partial charge is 0.485 e. The van der Waals surface area contributed by atoms with Gasteiger partial charge >= 0.3 is 0 Å². The monoisotopic (exact) mass is 346 g/mol. The van der Waals surface area contributed by atoms with E-state index in [1.807, 2.05) is 72.8 Å². The molecule has 0 aromatic heterocycles. The maximum atomic E-state index is 12.4. The van der Waals surface area contributed by atoms with E-state index in [2.05, 4.69) is 10.6 Å². The van der Waals surface area contributed by atoms with E-state index in [9.17, 15) is 4.79 Å². The predicted octanol–water partition coefficient (Wildman–Crippen LogP) is 4.21. The SMILES string of the molecule is O=C(Nc1ccc(Nc2ccccc2)cc1)[C@H]1COc2ccccc2O1. The Labute approximate surface area is 151 Å². The van der Waals surface area contributed by atoms with E-state index in [0.717, 1.165) is 11.4 Å². The molecule has 0 saturated heterocycles. The molecule has 1 aliphatic rings. The van der Waals surface area contributed by atoms with E-state index in [-0.39, 0.29) is 12.5 Å². The number of amides is 1. The summed E-state index contributed by atoms with van der Waals surface area (Å²) in [6, 6.07) is 24.8. The van der Waals surface area contributed by atoms with Crippen LogP contribution in [-0.4, -0.2) is 18.6 Å². The highest BCUT2D eigenvalue weighted by Crippen LogP contribution is 2.31. The Morgan fingerprint density at radius 2 is 1.38 bits per heavy atom. The minimum atomic E-state index is -0.674. The Bertz CT molecular complexity index is 895. The zero-order valence-corrected chi connectivity index (χ0v) is 14.0. The third-order valence-corrected chi connectivity index (χ3v) is 4.02. The van der Waals surface area contributed by atoms with Gasteiger partial charge in [-0.3, -0.25) is 4.79 Å². The molecule has 1 amide bonds. The second-order valence-electron chi connectivity index (χ2n) is 5.92. The summed E-state index contributed by atoms with van der Waals surface area (Å²) >= 11 is 0. The van der Waals surface area contributed by atoms with Crippen molar-refractivity contribution in [1.29, 1.82) is 0 Å². The molecular weight excluding hydrogens is 328 g/mol. The second kappa shape index (κ2) is 7.19. The van der Waals surface area contributed by atoms with E-state index in [1.54, 1.807) is 6.07 Å². The molecule has 130 valence electrons. The van der Waals surface area contributed by atoms with E-state index >= 15 is 0 Å².